The minimum atomic E-state index is -3.00. The molecule has 0 aliphatic carbocycles. The molecule has 1 aliphatic heterocycles. The van der Waals surface area contributed by atoms with Crippen LogP contribution in [0.1, 0.15) is 18.4 Å². The van der Waals surface area contributed by atoms with E-state index in [9.17, 15) is 13.7 Å². The Morgan fingerprint density at radius 1 is 1.25 bits per heavy atom. The van der Waals surface area contributed by atoms with Gasteiger partial charge in [-0.1, -0.05) is 22.2 Å². The van der Waals surface area contributed by atoms with E-state index in [4.69, 9.17) is 14.6 Å². The summed E-state index contributed by atoms with van der Waals surface area (Å²) in [6.45, 7) is 1.91. The summed E-state index contributed by atoms with van der Waals surface area (Å²) in [6, 6.07) is 11.3. The Morgan fingerprint density at radius 3 is 2.83 bits per heavy atom. The average Bonchev–Trinajstić information content (AvgIpc) is 2.83. The fourth-order valence-corrected chi connectivity index (χ4v) is 5.18. The van der Waals surface area contributed by atoms with E-state index in [0.29, 0.717) is 48.3 Å². The van der Waals surface area contributed by atoms with Crippen LogP contribution in [0.25, 0.3) is 11.4 Å². The molecule has 0 bridgehead atoms. The highest BCUT2D eigenvalue weighted by Gasteiger charge is 2.17. The fourth-order valence-electron chi connectivity index (χ4n) is 3.85. The highest BCUT2D eigenvalue weighted by atomic mass is 32.3. The van der Waals surface area contributed by atoms with Gasteiger partial charge in [0.25, 0.3) is 0 Å². The maximum absolute atomic E-state index is 14.1. The number of ether oxygens (including phenoxy) is 2. The van der Waals surface area contributed by atoms with Crippen molar-refractivity contribution < 1.29 is 28.3 Å². The number of aromatic nitrogens is 3. The number of carboxylic acid groups (broad SMARTS) is 1. The van der Waals surface area contributed by atoms with Crippen molar-refractivity contribution in [2.75, 3.05) is 31.4 Å². The van der Waals surface area contributed by atoms with Crippen molar-refractivity contribution in [1.29, 1.82) is 0 Å². The Labute approximate surface area is 208 Å². The highest BCUT2D eigenvalue weighted by Crippen LogP contribution is 2.30. The van der Waals surface area contributed by atoms with Gasteiger partial charge in [-0.05, 0) is 60.9 Å². The number of anilines is 2. The van der Waals surface area contributed by atoms with Gasteiger partial charge in [-0.2, -0.15) is 9.35 Å². The van der Waals surface area contributed by atoms with Crippen molar-refractivity contribution in [3.05, 3.63) is 60.2 Å². The molecule has 0 unspecified atom stereocenters. The number of benzene rings is 2. The lowest BCUT2D eigenvalue weighted by Crippen LogP contribution is -2.21. The van der Waals surface area contributed by atoms with Crippen LogP contribution in [0.2, 0.25) is 0 Å². The lowest BCUT2D eigenvalue weighted by atomic mass is 10.0. The van der Waals surface area contributed by atoms with E-state index in [1.54, 1.807) is 30.3 Å². The number of carbonyl (C=O) groups is 1. The Kier molecular flexibility index (Phi) is 8.18. The molecule has 1 saturated heterocycles. The van der Waals surface area contributed by atoms with Crippen molar-refractivity contribution in [2.24, 2.45) is 10.3 Å². The molecule has 4 rings (SSSR count). The van der Waals surface area contributed by atoms with Crippen LogP contribution >= 0.6 is 0 Å². The SMILES string of the molecule is C[SH](O)(Cc1cccc(Nc2ncnc(-c3cc(F)ccc3OCC3CCOCC3)n2)c1)=NC(=O)O. The van der Waals surface area contributed by atoms with E-state index >= 15 is 0 Å². The Balaban J connectivity index is 1.52. The van der Waals surface area contributed by atoms with E-state index < -0.39 is 22.0 Å². The molecule has 36 heavy (non-hydrogen) atoms. The molecule has 1 aliphatic rings. The monoisotopic (exact) mass is 517 g/mol. The summed E-state index contributed by atoms with van der Waals surface area (Å²) in [4.78, 5) is 23.7. The molecular weight excluding hydrogens is 489 g/mol. The first-order valence-corrected chi connectivity index (χ1v) is 13.7. The Morgan fingerprint density at radius 2 is 2.06 bits per heavy atom. The van der Waals surface area contributed by atoms with Gasteiger partial charge in [0, 0.05) is 24.7 Å². The molecule has 1 aromatic heterocycles. The van der Waals surface area contributed by atoms with E-state index in [-0.39, 0.29) is 17.5 Å². The summed E-state index contributed by atoms with van der Waals surface area (Å²) in [5, 5.41) is 11.9. The molecule has 1 fully saturated rings. The zero-order chi connectivity index (χ0) is 25.5. The second kappa shape index (κ2) is 11.5. The van der Waals surface area contributed by atoms with E-state index in [2.05, 4.69) is 24.6 Å². The molecule has 1 amide bonds. The number of hydrogen-bond donors (Lipinski definition) is 4. The third kappa shape index (κ3) is 7.26. The van der Waals surface area contributed by atoms with Crippen LogP contribution in [-0.4, -0.2) is 56.8 Å². The quantitative estimate of drug-likeness (QED) is 0.316. The number of thiol groups is 1. The number of nitrogens with zero attached hydrogens (tertiary/aromatic N) is 4. The normalized spacial score (nSPS) is 14.8. The summed E-state index contributed by atoms with van der Waals surface area (Å²) >= 11 is 0. The van der Waals surface area contributed by atoms with E-state index in [1.807, 2.05) is 0 Å². The third-order valence-electron chi connectivity index (χ3n) is 5.54. The highest BCUT2D eigenvalue weighted by molar-refractivity contribution is 7.98. The second-order valence-electron chi connectivity index (χ2n) is 8.59. The van der Waals surface area contributed by atoms with Crippen LogP contribution in [0.5, 0.6) is 5.75 Å². The number of halogens is 1. The van der Waals surface area contributed by atoms with Gasteiger partial charge in [0.2, 0.25) is 5.95 Å². The lowest BCUT2D eigenvalue weighted by molar-refractivity contribution is 0.0498. The first-order valence-electron chi connectivity index (χ1n) is 11.4. The van der Waals surface area contributed by atoms with E-state index in [0.717, 1.165) is 12.8 Å². The van der Waals surface area contributed by atoms with Crippen molar-refractivity contribution in [2.45, 2.75) is 18.6 Å². The minimum absolute atomic E-state index is 0.106. The predicted molar refractivity (Wildman–Crippen MR) is 135 cm³/mol. The largest absolute Gasteiger partial charge is 0.493 e. The number of amides is 1. The molecule has 0 radical (unpaired) electrons. The van der Waals surface area contributed by atoms with Crippen LogP contribution in [-0.2, 0) is 20.6 Å². The summed E-state index contributed by atoms with van der Waals surface area (Å²) in [5.41, 5.74) is 1.74. The van der Waals surface area contributed by atoms with Gasteiger partial charge < -0.3 is 24.4 Å². The van der Waals surface area contributed by atoms with Gasteiger partial charge >= 0.3 is 6.09 Å². The van der Waals surface area contributed by atoms with E-state index in [1.165, 1.54) is 24.7 Å². The lowest BCUT2D eigenvalue weighted by Gasteiger charge is -2.22. The van der Waals surface area contributed by atoms with Gasteiger partial charge in [0.05, 0.1) is 12.2 Å². The van der Waals surface area contributed by atoms with Gasteiger partial charge in [0.15, 0.2) is 5.82 Å². The molecule has 2 aromatic carbocycles. The predicted octanol–water partition coefficient (Wildman–Crippen LogP) is 4.58. The smallest absolute Gasteiger partial charge is 0.437 e. The van der Waals surface area contributed by atoms with Gasteiger partial charge in [0.1, 0.15) is 17.9 Å². The first-order chi connectivity index (χ1) is 17.3. The summed E-state index contributed by atoms with van der Waals surface area (Å²) in [7, 11) is -3.00. The maximum atomic E-state index is 14.1. The fraction of sp³-hybridized carbons (Fsp3) is 0.333. The molecule has 192 valence electrons. The number of nitrogens with one attached hydrogen (secondary N) is 1. The molecule has 3 N–H and O–H groups in total. The zero-order valence-corrected chi connectivity index (χ0v) is 20.6. The van der Waals surface area contributed by atoms with Crippen LogP contribution in [0.4, 0.5) is 20.8 Å². The van der Waals surface area contributed by atoms with Gasteiger partial charge in [-0.3, -0.25) is 0 Å². The Bertz CT molecular complexity index is 1280. The maximum Gasteiger partial charge on any atom is 0.437 e. The molecule has 0 spiro atoms. The van der Waals surface area contributed by atoms with Crippen molar-refractivity contribution in [1.82, 2.24) is 15.0 Å². The number of rotatable bonds is 8. The second-order valence-corrected chi connectivity index (χ2v) is 11.3. The molecule has 0 saturated carbocycles. The topological polar surface area (TPSA) is 139 Å². The molecule has 2 heterocycles. The summed E-state index contributed by atoms with van der Waals surface area (Å²) in [6.07, 6.45) is 3.19. The zero-order valence-electron chi connectivity index (χ0n) is 19.7. The molecule has 10 nitrogen and oxygen atoms in total. The standard InChI is InChI=1S/C24H28FN5O5S/c1-36(33,30-24(31)32)14-17-3-2-4-19(11-17)28-23-27-15-26-22(29-23)20-12-18(25)5-6-21(20)35-13-16-7-9-34-10-8-16/h2-6,11-12,15-16,36H,7-10,13-14H2,1H3,(H,30,33)(H,31,32)(H,26,27,28,29). The minimum Gasteiger partial charge on any atom is -0.493 e. The van der Waals surface area contributed by atoms with Crippen LogP contribution < -0.4 is 10.1 Å². The first kappa shape index (κ1) is 25.6. The Hall–Kier alpha value is -3.48. The van der Waals surface area contributed by atoms with Crippen molar-refractivity contribution in [3.63, 3.8) is 0 Å². The van der Waals surface area contributed by atoms with Crippen LogP contribution in [0.3, 0.4) is 0 Å². The average molecular weight is 518 g/mol. The van der Waals surface area contributed by atoms with Gasteiger partial charge in [-0.25, -0.2) is 19.2 Å². The summed E-state index contributed by atoms with van der Waals surface area (Å²) < 4.78 is 39.2. The number of hydrogen-bond acceptors (Lipinski definition) is 7. The third-order valence-corrected chi connectivity index (χ3v) is 7.10. The molecule has 0 atom stereocenters. The van der Waals surface area contributed by atoms with Gasteiger partial charge in [-0.15, -0.1) is 0 Å². The van der Waals surface area contributed by atoms with Crippen molar-refractivity contribution in [3.8, 4) is 17.1 Å². The summed E-state index contributed by atoms with van der Waals surface area (Å²) in [5.74, 6) is 0.997. The molecule has 3 aromatic rings. The molecule has 12 heteroatoms. The van der Waals surface area contributed by atoms with Crippen LogP contribution in [0.15, 0.2) is 53.2 Å². The van der Waals surface area contributed by atoms with Crippen LogP contribution in [0, 0.1) is 11.7 Å². The van der Waals surface area contributed by atoms with Crippen molar-refractivity contribution >= 4 is 27.8 Å². The molecular formula is C24H28FN5O5S.